The summed E-state index contributed by atoms with van der Waals surface area (Å²) in [5.41, 5.74) is 0. The van der Waals surface area contributed by atoms with E-state index in [4.69, 9.17) is 4.74 Å². The van der Waals surface area contributed by atoms with Crippen molar-refractivity contribution in [1.29, 1.82) is 0 Å². The zero-order valence-electron chi connectivity index (χ0n) is 11.6. The number of rotatable bonds is 6. The zero-order chi connectivity index (χ0) is 14.6. The highest BCUT2D eigenvalue weighted by molar-refractivity contribution is 7.91. The molecule has 1 saturated heterocycles. The maximum atomic E-state index is 12.7. The molecule has 4 nitrogen and oxygen atoms in total. The van der Waals surface area contributed by atoms with Crippen molar-refractivity contribution in [3.63, 3.8) is 0 Å². The van der Waals surface area contributed by atoms with E-state index in [1.54, 1.807) is 12.1 Å². The Morgan fingerprint density at radius 3 is 2.65 bits per heavy atom. The van der Waals surface area contributed by atoms with Crippen LogP contribution in [-0.2, 0) is 9.84 Å². The molecular formula is C14H20FNO3S. The fourth-order valence-corrected chi connectivity index (χ4v) is 4.15. The van der Waals surface area contributed by atoms with Gasteiger partial charge in [-0.3, -0.25) is 0 Å². The van der Waals surface area contributed by atoms with Gasteiger partial charge in [-0.25, -0.2) is 12.8 Å². The predicted octanol–water partition coefficient (Wildman–Crippen LogP) is 1.71. The second-order valence-electron chi connectivity index (χ2n) is 5.19. The first-order valence-corrected chi connectivity index (χ1v) is 8.57. The highest BCUT2D eigenvalue weighted by Crippen LogP contribution is 2.17. The molecule has 0 spiro atoms. The Hall–Kier alpha value is -1.14. The third kappa shape index (κ3) is 4.45. The minimum atomic E-state index is -2.83. The molecule has 20 heavy (non-hydrogen) atoms. The lowest BCUT2D eigenvalue weighted by molar-refractivity contribution is 0.227. The summed E-state index contributed by atoms with van der Waals surface area (Å²) in [4.78, 5) is 2.08. The van der Waals surface area contributed by atoms with Crippen LogP contribution in [0, 0.1) is 5.82 Å². The smallest absolute Gasteiger partial charge is 0.151 e. The van der Waals surface area contributed by atoms with E-state index in [-0.39, 0.29) is 17.6 Å². The van der Waals surface area contributed by atoms with Gasteiger partial charge >= 0.3 is 0 Å². The molecule has 1 aliphatic heterocycles. The Balaban J connectivity index is 1.67. The molecule has 0 aliphatic carbocycles. The van der Waals surface area contributed by atoms with Crippen molar-refractivity contribution in [2.24, 2.45) is 0 Å². The zero-order valence-corrected chi connectivity index (χ0v) is 12.4. The van der Waals surface area contributed by atoms with E-state index < -0.39 is 9.84 Å². The van der Waals surface area contributed by atoms with Crippen molar-refractivity contribution in [3.8, 4) is 5.75 Å². The molecule has 1 fully saturated rings. The van der Waals surface area contributed by atoms with Gasteiger partial charge in [0.25, 0.3) is 0 Å². The van der Waals surface area contributed by atoms with E-state index >= 15 is 0 Å². The van der Waals surface area contributed by atoms with Crippen LogP contribution in [0.3, 0.4) is 0 Å². The Kier molecular flexibility index (Phi) is 4.99. The Morgan fingerprint density at radius 2 is 2.05 bits per heavy atom. The molecule has 1 atom stereocenters. The van der Waals surface area contributed by atoms with Crippen molar-refractivity contribution in [2.45, 2.75) is 18.9 Å². The number of hydrogen-bond acceptors (Lipinski definition) is 4. The SMILES string of the molecule is CN(CCCOc1ccc(F)cc1)C1CCS(=O)(=O)C1. The summed E-state index contributed by atoms with van der Waals surface area (Å²) in [6, 6.07) is 6.06. The maximum Gasteiger partial charge on any atom is 0.151 e. The third-order valence-electron chi connectivity index (χ3n) is 3.57. The van der Waals surface area contributed by atoms with E-state index in [0.29, 0.717) is 18.1 Å². The first-order valence-electron chi connectivity index (χ1n) is 6.75. The van der Waals surface area contributed by atoms with Gasteiger partial charge in [0.1, 0.15) is 11.6 Å². The number of nitrogens with zero attached hydrogens (tertiary/aromatic N) is 1. The lowest BCUT2D eigenvalue weighted by Crippen LogP contribution is -2.34. The molecule has 1 heterocycles. The maximum absolute atomic E-state index is 12.7. The molecule has 6 heteroatoms. The van der Waals surface area contributed by atoms with Crippen LogP contribution < -0.4 is 4.74 Å². The fourth-order valence-electron chi connectivity index (χ4n) is 2.34. The van der Waals surface area contributed by atoms with Gasteiger partial charge in [0.05, 0.1) is 18.1 Å². The molecule has 2 rings (SSSR count). The lowest BCUT2D eigenvalue weighted by atomic mass is 10.2. The molecule has 1 unspecified atom stereocenters. The summed E-state index contributed by atoms with van der Waals surface area (Å²) in [5, 5.41) is 0. The quantitative estimate of drug-likeness (QED) is 0.751. The lowest BCUT2D eigenvalue weighted by Gasteiger charge is -2.22. The summed E-state index contributed by atoms with van der Waals surface area (Å²) in [6.07, 6.45) is 1.53. The fraction of sp³-hybridized carbons (Fsp3) is 0.571. The van der Waals surface area contributed by atoms with Crippen molar-refractivity contribution in [2.75, 3.05) is 31.7 Å². The Morgan fingerprint density at radius 1 is 1.35 bits per heavy atom. The van der Waals surface area contributed by atoms with Crippen LogP contribution in [0.5, 0.6) is 5.75 Å². The van der Waals surface area contributed by atoms with E-state index in [9.17, 15) is 12.8 Å². The Bertz CT molecular complexity index is 530. The molecule has 0 aromatic heterocycles. The Labute approximate surface area is 119 Å². The minimum Gasteiger partial charge on any atom is -0.494 e. The molecular weight excluding hydrogens is 281 g/mol. The normalized spacial score (nSPS) is 21.2. The number of benzene rings is 1. The molecule has 112 valence electrons. The topological polar surface area (TPSA) is 46.6 Å². The van der Waals surface area contributed by atoms with Crippen LogP contribution in [-0.4, -0.2) is 51.1 Å². The molecule has 0 radical (unpaired) electrons. The van der Waals surface area contributed by atoms with Gasteiger partial charge < -0.3 is 9.64 Å². The summed E-state index contributed by atoms with van der Waals surface area (Å²) >= 11 is 0. The van der Waals surface area contributed by atoms with Crippen molar-refractivity contribution in [1.82, 2.24) is 4.90 Å². The summed E-state index contributed by atoms with van der Waals surface area (Å²) in [5.74, 6) is 0.938. The van der Waals surface area contributed by atoms with Gasteiger partial charge in [-0.2, -0.15) is 0 Å². The highest BCUT2D eigenvalue weighted by Gasteiger charge is 2.30. The number of halogens is 1. The van der Waals surface area contributed by atoms with Crippen molar-refractivity contribution < 1.29 is 17.5 Å². The molecule has 0 amide bonds. The van der Waals surface area contributed by atoms with Gasteiger partial charge in [0.15, 0.2) is 9.84 Å². The molecule has 1 aliphatic rings. The highest BCUT2D eigenvalue weighted by atomic mass is 32.2. The van der Waals surface area contributed by atoms with E-state index in [0.717, 1.165) is 19.4 Å². The second-order valence-corrected chi connectivity index (χ2v) is 7.42. The predicted molar refractivity (Wildman–Crippen MR) is 76.2 cm³/mol. The molecule has 0 bridgehead atoms. The first-order chi connectivity index (χ1) is 9.46. The van der Waals surface area contributed by atoms with Crippen molar-refractivity contribution >= 4 is 9.84 Å². The largest absolute Gasteiger partial charge is 0.494 e. The van der Waals surface area contributed by atoms with Gasteiger partial charge in [-0.1, -0.05) is 0 Å². The van der Waals surface area contributed by atoms with Crippen LogP contribution in [0.2, 0.25) is 0 Å². The third-order valence-corrected chi connectivity index (χ3v) is 5.32. The molecule has 0 N–H and O–H groups in total. The van der Waals surface area contributed by atoms with Gasteiger partial charge in [-0.15, -0.1) is 0 Å². The van der Waals surface area contributed by atoms with Crippen LogP contribution in [0.1, 0.15) is 12.8 Å². The number of sulfone groups is 1. The van der Waals surface area contributed by atoms with Crippen molar-refractivity contribution in [3.05, 3.63) is 30.1 Å². The van der Waals surface area contributed by atoms with E-state index in [2.05, 4.69) is 4.90 Å². The molecule has 0 saturated carbocycles. The first kappa shape index (κ1) is 15.3. The van der Waals surface area contributed by atoms with E-state index in [1.165, 1.54) is 12.1 Å². The summed E-state index contributed by atoms with van der Waals surface area (Å²) in [7, 11) is -0.879. The molecule has 1 aromatic carbocycles. The van der Waals surface area contributed by atoms with Crippen LogP contribution >= 0.6 is 0 Å². The van der Waals surface area contributed by atoms with Crippen LogP contribution in [0.15, 0.2) is 24.3 Å². The van der Waals surface area contributed by atoms with Crippen LogP contribution in [0.25, 0.3) is 0 Å². The van der Waals surface area contributed by atoms with Gasteiger partial charge in [0, 0.05) is 12.6 Å². The minimum absolute atomic E-state index is 0.130. The number of ether oxygens (including phenoxy) is 1. The van der Waals surface area contributed by atoms with E-state index in [1.807, 2.05) is 7.05 Å². The molecule has 1 aromatic rings. The van der Waals surface area contributed by atoms with Gasteiger partial charge in [-0.05, 0) is 44.2 Å². The average molecular weight is 301 g/mol. The monoisotopic (exact) mass is 301 g/mol. The summed E-state index contributed by atoms with van der Waals surface area (Å²) in [6.45, 7) is 1.33. The van der Waals surface area contributed by atoms with Gasteiger partial charge in [0.2, 0.25) is 0 Å². The summed E-state index contributed by atoms with van der Waals surface area (Å²) < 4.78 is 41.0. The number of hydrogen-bond donors (Lipinski definition) is 0. The average Bonchev–Trinajstić information content (AvgIpc) is 2.77. The second kappa shape index (κ2) is 6.54. The standard InChI is InChI=1S/C14H20FNO3S/c1-16(13-7-10-20(17,18)11-13)8-2-9-19-14-5-3-12(15)4-6-14/h3-6,13H,2,7-11H2,1H3. The van der Waals surface area contributed by atoms with Crippen LogP contribution in [0.4, 0.5) is 4.39 Å².